The van der Waals surface area contributed by atoms with Gasteiger partial charge in [0.1, 0.15) is 0 Å². The summed E-state index contributed by atoms with van der Waals surface area (Å²) in [6, 6.07) is 62.4. The Kier molecular flexibility index (Phi) is 5.61. The molecule has 44 heavy (non-hydrogen) atoms. The average molecular weight is 557 g/mol. The van der Waals surface area contributed by atoms with Crippen LogP contribution in [0.15, 0.2) is 170 Å². The number of benzene rings is 9. The Bertz CT molecular complexity index is 2480. The first-order valence-corrected chi connectivity index (χ1v) is 15.3. The predicted octanol–water partition coefficient (Wildman–Crippen LogP) is 12.5. The van der Waals surface area contributed by atoms with Crippen molar-refractivity contribution >= 4 is 53.9 Å². The molecule has 9 aromatic rings. The first-order valence-electron chi connectivity index (χ1n) is 15.3. The fraction of sp³-hybridized carbons (Fsp3) is 0. The Morgan fingerprint density at radius 3 is 1.36 bits per heavy atom. The molecule has 0 heterocycles. The molecule has 0 saturated heterocycles. The van der Waals surface area contributed by atoms with E-state index in [0.717, 1.165) is 0 Å². The zero-order chi connectivity index (χ0) is 29.0. The van der Waals surface area contributed by atoms with E-state index in [0.29, 0.717) is 0 Å². The average Bonchev–Trinajstić information content (AvgIpc) is 3.10. The molecular weight excluding hydrogens is 528 g/mol. The zero-order valence-corrected chi connectivity index (χ0v) is 24.2. The number of hydrogen-bond acceptors (Lipinski definition) is 0. The van der Waals surface area contributed by atoms with Gasteiger partial charge in [0.05, 0.1) is 0 Å². The summed E-state index contributed by atoms with van der Waals surface area (Å²) < 4.78 is 0. The highest BCUT2D eigenvalue weighted by atomic mass is 14.2. The van der Waals surface area contributed by atoms with Gasteiger partial charge >= 0.3 is 0 Å². The summed E-state index contributed by atoms with van der Waals surface area (Å²) in [4.78, 5) is 0. The van der Waals surface area contributed by atoms with Gasteiger partial charge in [0.25, 0.3) is 0 Å². The molecular formula is C44H28. The first kappa shape index (κ1) is 24.8. The molecule has 9 aromatic carbocycles. The van der Waals surface area contributed by atoms with Crippen molar-refractivity contribution in [3.63, 3.8) is 0 Å². The highest BCUT2D eigenvalue weighted by Gasteiger charge is 2.18. The third kappa shape index (κ3) is 3.85. The van der Waals surface area contributed by atoms with E-state index in [1.54, 1.807) is 0 Å². The van der Waals surface area contributed by atoms with Gasteiger partial charge in [0, 0.05) is 0 Å². The Balaban J connectivity index is 1.38. The van der Waals surface area contributed by atoms with Gasteiger partial charge in [-0.05, 0) is 105 Å². The maximum atomic E-state index is 2.40. The largest absolute Gasteiger partial charge is 0.0622 e. The number of fused-ring (bicyclic) bond motifs is 6. The van der Waals surface area contributed by atoms with Crippen molar-refractivity contribution < 1.29 is 0 Å². The zero-order valence-electron chi connectivity index (χ0n) is 24.2. The molecule has 204 valence electrons. The molecule has 0 fully saturated rings. The third-order valence-corrected chi connectivity index (χ3v) is 9.20. The van der Waals surface area contributed by atoms with Crippen LogP contribution in [0.2, 0.25) is 0 Å². The maximum absolute atomic E-state index is 2.40. The molecule has 0 nitrogen and oxygen atoms in total. The van der Waals surface area contributed by atoms with Crippen molar-refractivity contribution in [2.24, 2.45) is 0 Å². The van der Waals surface area contributed by atoms with Crippen LogP contribution in [0.1, 0.15) is 0 Å². The monoisotopic (exact) mass is 556 g/mol. The van der Waals surface area contributed by atoms with E-state index in [1.165, 1.54) is 87.2 Å². The lowest BCUT2D eigenvalue weighted by Crippen LogP contribution is -1.92. The lowest BCUT2D eigenvalue weighted by atomic mass is 9.84. The Morgan fingerprint density at radius 2 is 0.705 bits per heavy atom. The van der Waals surface area contributed by atoms with Gasteiger partial charge in [-0.3, -0.25) is 0 Å². The maximum Gasteiger partial charge on any atom is -0.00259 e. The van der Waals surface area contributed by atoms with Gasteiger partial charge in [0.2, 0.25) is 0 Å². The molecule has 0 spiro atoms. The molecule has 0 unspecified atom stereocenters. The van der Waals surface area contributed by atoms with Gasteiger partial charge in [-0.25, -0.2) is 0 Å². The minimum absolute atomic E-state index is 1.24. The fourth-order valence-corrected chi connectivity index (χ4v) is 7.22. The summed E-state index contributed by atoms with van der Waals surface area (Å²) >= 11 is 0. The molecule has 0 saturated carbocycles. The van der Waals surface area contributed by atoms with Crippen LogP contribution >= 0.6 is 0 Å². The number of rotatable bonds is 3. The van der Waals surface area contributed by atoms with Crippen molar-refractivity contribution in [2.75, 3.05) is 0 Å². The molecule has 0 amide bonds. The van der Waals surface area contributed by atoms with Crippen LogP contribution in [0, 0.1) is 0 Å². The van der Waals surface area contributed by atoms with Crippen molar-refractivity contribution in [3.8, 4) is 33.4 Å². The van der Waals surface area contributed by atoms with Crippen LogP contribution in [-0.4, -0.2) is 0 Å². The van der Waals surface area contributed by atoms with Crippen LogP contribution in [0.5, 0.6) is 0 Å². The number of hydrogen-bond donors (Lipinski definition) is 0. The molecule has 0 aliphatic carbocycles. The van der Waals surface area contributed by atoms with Gasteiger partial charge in [-0.2, -0.15) is 0 Å². The summed E-state index contributed by atoms with van der Waals surface area (Å²) in [7, 11) is 0. The first-order chi connectivity index (χ1) is 21.8. The van der Waals surface area contributed by atoms with Crippen LogP contribution in [0.3, 0.4) is 0 Å². The Labute approximate surface area is 256 Å². The molecule has 0 radical (unpaired) electrons. The quantitative estimate of drug-likeness (QED) is 0.150. The van der Waals surface area contributed by atoms with Gasteiger partial charge in [-0.1, -0.05) is 152 Å². The Morgan fingerprint density at radius 1 is 0.227 bits per heavy atom. The summed E-state index contributed by atoms with van der Waals surface area (Å²) in [6.45, 7) is 0. The van der Waals surface area contributed by atoms with E-state index < -0.39 is 0 Å². The minimum atomic E-state index is 1.24. The molecule has 9 rings (SSSR count). The van der Waals surface area contributed by atoms with E-state index in [-0.39, 0.29) is 0 Å². The second-order valence-corrected chi connectivity index (χ2v) is 11.7. The highest BCUT2D eigenvalue weighted by molar-refractivity contribution is 6.23. The van der Waals surface area contributed by atoms with Crippen molar-refractivity contribution in [1.29, 1.82) is 0 Å². The normalized spacial score (nSPS) is 11.6. The molecule has 0 aliphatic rings. The lowest BCUT2D eigenvalue weighted by Gasteiger charge is -2.19. The van der Waals surface area contributed by atoms with Gasteiger partial charge in [0.15, 0.2) is 0 Å². The molecule has 0 aromatic heterocycles. The van der Waals surface area contributed by atoms with Crippen molar-refractivity contribution in [1.82, 2.24) is 0 Å². The topological polar surface area (TPSA) is 0 Å². The molecule has 0 bridgehead atoms. The minimum Gasteiger partial charge on any atom is -0.0622 e. The van der Waals surface area contributed by atoms with Crippen molar-refractivity contribution in [2.45, 2.75) is 0 Å². The summed E-state index contributed by atoms with van der Waals surface area (Å²) in [5, 5.41) is 12.7. The third-order valence-electron chi connectivity index (χ3n) is 9.20. The smallest absolute Gasteiger partial charge is 0.00259 e. The second kappa shape index (κ2) is 9.93. The van der Waals surface area contributed by atoms with E-state index in [9.17, 15) is 0 Å². The van der Waals surface area contributed by atoms with Crippen LogP contribution in [0.4, 0.5) is 0 Å². The summed E-state index contributed by atoms with van der Waals surface area (Å²) in [5.74, 6) is 0. The standard InChI is InChI=1S/C44H28/c1-2-12-29(13-3-1)42-28-34(26-32-15-5-7-17-36(32)42)44-39-20-10-8-18-37(39)43(38-19-9-11-21-40(38)44)33-25-24-31-23-22-30-14-4-6-16-35(30)41(31)27-33/h1-28H. The predicted molar refractivity (Wildman–Crippen MR) is 190 cm³/mol. The summed E-state index contributed by atoms with van der Waals surface area (Å²) in [5.41, 5.74) is 7.56. The Hall–Kier alpha value is -5.72. The van der Waals surface area contributed by atoms with Gasteiger partial charge in [-0.15, -0.1) is 0 Å². The van der Waals surface area contributed by atoms with Gasteiger partial charge < -0.3 is 0 Å². The summed E-state index contributed by atoms with van der Waals surface area (Å²) in [6.07, 6.45) is 0. The molecule has 0 heteroatoms. The van der Waals surface area contributed by atoms with E-state index in [4.69, 9.17) is 0 Å². The van der Waals surface area contributed by atoms with Crippen LogP contribution in [-0.2, 0) is 0 Å². The second-order valence-electron chi connectivity index (χ2n) is 11.7. The SMILES string of the molecule is c1ccc(-c2cc(-c3c4ccccc4c(-c4ccc5ccc6ccccc6c5c4)c4ccccc34)cc3ccccc23)cc1. The lowest BCUT2D eigenvalue weighted by molar-refractivity contribution is 1.64. The van der Waals surface area contributed by atoms with E-state index >= 15 is 0 Å². The molecule has 0 N–H and O–H groups in total. The van der Waals surface area contributed by atoms with E-state index in [1.807, 2.05) is 0 Å². The fourth-order valence-electron chi connectivity index (χ4n) is 7.22. The van der Waals surface area contributed by atoms with Crippen LogP contribution in [0.25, 0.3) is 87.2 Å². The van der Waals surface area contributed by atoms with E-state index in [2.05, 4.69) is 170 Å². The van der Waals surface area contributed by atoms with Crippen molar-refractivity contribution in [3.05, 3.63) is 170 Å². The highest BCUT2D eigenvalue weighted by Crippen LogP contribution is 2.46. The molecule has 0 aliphatic heterocycles. The van der Waals surface area contributed by atoms with Crippen LogP contribution < -0.4 is 0 Å². The molecule has 0 atom stereocenters.